The van der Waals surface area contributed by atoms with Gasteiger partial charge in [0, 0.05) is 7.05 Å². The number of hydroxylamine groups is 2. The summed E-state index contributed by atoms with van der Waals surface area (Å²) in [5.41, 5.74) is 0. The van der Waals surface area contributed by atoms with Crippen LogP contribution in [0.4, 0.5) is 0 Å². The third-order valence-corrected chi connectivity index (χ3v) is 4.77. The van der Waals surface area contributed by atoms with Crippen LogP contribution in [-0.2, 0) is 4.84 Å². The molecule has 1 atom stereocenters. The van der Waals surface area contributed by atoms with Crippen LogP contribution < -0.4 is 0 Å². The minimum Gasteiger partial charge on any atom is -0.376 e. The molecule has 0 aliphatic heterocycles. The maximum atomic E-state index is 9.72. The maximum Gasteiger partial charge on any atom is 0.129 e. The lowest BCUT2D eigenvalue weighted by molar-refractivity contribution is -0.204. The second kappa shape index (κ2) is 18.2. The lowest BCUT2D eigenvalue weighted by Crippen LogP contribution is -2.30. The molecule has 0 amide bonds. The van der Waals surface area contributed by atoms with E-state index >= 15 is 0 Å². The molecule has 1 unspecified atom stereocenters. The van der Waals surface area contributed by atoms with Gasteiger partial charge in [0.1, 0.15) is 6.23 Å². The topological polar surface area (TPSA) is 32.7 Å². The summed E-state index contributed by atoms with van der Waals surface area (Å²) in [6.07, 6.45) is 21.0. The Labute approximate surface area is 145 Å². The van der Waals surface area contributed by atoms with E-state index in [1.807, 2.05) is 0 Å². The zero-order chi connectivity index (χ0) is 17.2. The van der Waals surface area contributed by atoms with E-state index in [0.717, 1.165) is 12.8 Å². The second-order valence-corrected chi connectivity index (χ2v) is 6.95. The van der Waals surface area contributed by atoms with Crippen molar-refractivity contribution >= 4 is 0 Å². The first kappa shape index (κ1) is 22.9. The number of aliphatic hydroxyl groups is 1. The lowest BCUT2D eigenvalue weighted by atomic mass is 10.0. The number of rotatable bonds is 18. The fourth-order valence-electron chi connectivity index (χ4n) is 3.00. The number of nitrogens with zero attached hydrogens (tertiary/aromatic N) is 1. The summed E-state index contributed by atoms with van der Waals surface area (Å²) in [7, 11) is 3.37. The Balaban J connectivity index is 3.08. The fourth-order valence-corrected chi connectivity index (χ4v) is 3.00. The highest BCUT2D eigenvalue weighted by Gasteiger charge is 2.08. The normalized spacial score (nSPS) is 12.9. The van der Waals surface area contributed by atoms with Crippen LogP contribution in [-0.4, -0.2) is 30.6 Å². The highest BCUT2D eigenvalue weighted by atomic mass is 16.7. The van der Waals surface area contributed by atoms with E-state index in [-0.39, 0.29) is 0 Å². The Morgan fingerprint density at radius 2 is 1.04 bits per heavy atom. The highest BCUT2D eigenvalue weighted by Crippen LogP contribution is 2.14. The van der Waals surface area contributed by atoms with Gasteiger partial charge in [0.25, 0.3) is 0 Å². The Morgan fingerprint density at radius 3 is 1.39 bits per heavy atom. The molecule has 0 bridgehead atoms. The van der Waals surface area contributed by atoms with Crippen LogP contribution in [0.2, 0.25) is 0 Å². The standard InChI is InChI=1S/C20H43NO2/c1-4-5-6-7-8-9-10-11-12-13-14-15-16-17-18-19-20(22)21(2)23-3/h20,22H,4-19H2,1-3H3. The molecule has 0 aromatic rings. The van der Waals surface area contributed by atoms with Gasteiger partial charge in [-0.05, 0) is 12.8 Å². The van der Waals surface area contributed by atoms with Gasteiger partial charge >= 0.3 is 0 Å². The van der Waals surface area contributed by atoms with Crippen molar-refractivity contribution < 1.29 is 9.94 Å². The van der Waals surface area contributed by atoms with Crippen LogP contribution in [0, 0.1) is 0 Å². The van der Waals surface area contributed by atoms with E-state index < -0.39 is 6.23 Å². The van der Waals surface area contributed by atoms with Crippen LogP contribution >= 0.6 is 0 Å². The minimum atomic E-state index is -0.457. The Kier molecular flexibility index (Phi) is 18.1. The average Bonchev–Trinajstić information content (AvgIpc) is 2.57. The van der Waals surface area contributed by atoms with Gasteiger partial charge in [-0.3, -0.25) is 0 Å². The molecule has 0 aromatic heterocycles. The maximum absolute atomic E-state index is 9.72. The van der Waals surface area contributed by atoms with Gasteiger partial charge in [-0.15, -0.1) is 0 Å². The zero-order valence-electron chi connectivity index (χ0n) is 16.2. The van der Waals surface area contributed by atoms with Crippen molar-refractivity contribution in [3.05, 3.63) is 0 Å². The SMILES string of the molecule is CCCCCCCCCCCCCCCCCC(O)N(C)OC. The number of aliphatic hydroxyl groups excluding tert-OH is 1. The monoisotopic (exact) mass is 329 g/mol. The zero-order valence-corrected chi connectivity index (χ0v) is 16.2. The first-order valence-corrected chi connectivity index (χ1v) is 10.2. The van der Waals surface area contributed by atoms with Gasteiger partial charge in [0.15, 0.2) is 0 Å². The van der Waals surface area contributed by atoms with E-state index in [0.29, 0.717) is 0 Å². The molecule has 3 heteroatoms. The summed E-state index contributed by atoms with van der Waals surface area (Å²) in [6.45, 7) is 2.28. The minimum absolute atomic E-state index is 0.457. The summed E-state index contributed by atoms with van der Waals surface area (Å²) in [6, 6.07) is 0. The molecule has 3 nitrogen and oxygen atoms in total. The molecule has 0 heterocycles. The number of hydrogen-bond acceptors (Lipinski definition) is 3. The summed E-state index contributed by atoms with van der Waals surface area (Å²) in [5.74, 6) is 0. The first-order valence-electron chi connectivity index (χ1n) is 10.2. The van der Waals surface area contributed by atoms with Gasteiger partial charge in [-0.25, -0.2) is 0 Å². The smallest absolute Gasteiger partial charge is 0.129 e. The largest absolute Gasteiger partial charge is 0.376 e. The number of unbranched alkanes of at least 4 members (excludes halogenated alkanes) is 14. The summed E-state index contributed by atoms with van der Waals surface area (Å²) < 4.78 is 0. The van der Waals surface area contributed by atoms with E-state index in [2.05, 4.69) is 6.92 Å². The van der Waals surface area contributed by atoms with Crippen molar-refractivity contribution in [3.63, 3.8) is 0 Å². The van der Waals surface area contributed by atoms with Crippen molar-refractivity contribution in [1.29, 1.82) is 0 Å². The summed E-state index contributed by atoms with van der Waals surface area (Å²) in [4.78, 5) is 4.97. The van der Waals surface area contributed by atoms with E-state index in [9.17, 15) is 5.11 Å². The average molecular weight is 330 g/mol. The fraction of sp³-hybridized carbons (Fsp3) is 1.00. The summed E-state index contributed by atoms with van der Waals surface area (Å²) >= 11 is 0. The third kappa shape index (κ3) is 16.5. The van der Waals surface area contributed by atoms with Crippen molar-refractivity contribution in [3.8, 4) is 0 Å². The molecule has 0 aliphatic carbocycles. The van der Waals surface area contributed by atoms with Crippen LogP contribution in [0.3, 0.4) is 0 Å². The van der Waals surface area contributed by atoms with Gasteiger partial charge in [-0.2, -0.15) is 5.06 Å². The van der Waals surface area contributed by atoms with Crippen molar-refractivity contribution in [2.45, 2.75) is 116 Å². The molecular formula is C20H43NO2. The molecule has 0 spiro atoms. The van der Waals surface area contributed by atoms with Crippen molar-refractivity contribution in [2.75, 3.05) is 14.2 Å². The number of hydrogen-bond donors (Lipinski definition) is 1. The van der Waals surface area contributed by atoms with E-state index in [1.165, 1.54) is 95.0 Å². The molecule has 1 N–H and O–H groups in total. The highest BCUT2D eigenvalue weighted by molar-refractivity contribution is 4.52. The lowest BCUT2D eigenvalue weighted by Gasteiger charge is -2.20. The molecule has 23 heavy (non-hydrogen) atoms. The predicted molar refractivity (Wildman–Crippen MR) is 100 cm³/mol. The van der Waals surface area contributed by atoms with Crippen LogP contribution in [0.5, 0.6) is 0 Å². The Bertz CT molecular complexity index is 224. The van der Waals surface area contributed by atoms with Crippen LogP contribution in [0.15, 0.2) is 0 Å². The molecule has 0 rings (SSSR count). The Hall–Kier alpha value is -0.120. The molecule has 0 aromatic carbocycles. The van der Waals surface area contributed by atoms with Gasteiger partial charge in [0.2, 0.25) is 0 Å². The van der Waals surface area contributed by atoms with Crippen molar-refractivity contribution in [2.24, 2.45) is 0 Å². The van der Waals surface area contributed by atoms with E-state index in [1.54, 1.807) is 14.2 Å². The molecule has 0 fully saturated rings. The molecular weight excluding hydrogens is 286 g/mol. The second-order valence-electron chi connectivity index (χ2n) is 6.95. The summed E-state index contributed by atoms with van der Waals surface area (Å²) in [5, 5.41) is 11.2. The molecule has 0 saturated heterocycles. The van der Waals surface area contributed by atoms with Gasteiger partial charge < -0.3 is 9.94 Å². The van der Waals surface area contributed by atoms with Gasteiger partial charge in [0.05, 0.1) is 7.11 Å². The van der Waals surface area contributed by atoms with Crippen LogP contribution in [0.1, 0.15) is 110 Å². The molecule has 0 saturated carbocycles. The third-order valence-electron chi connectivity index (χ3n) is 4.77. The predicted octanol–water partition coefficient (Wildman–Crippen LogP) is 6.06. The molecule has 0 aliphatic rings. The van der Waals surface area contributed by atoms with Gasteiger partial charge in [-0.1, -0.05) is 96.8 Å². The van der Waals surface area contributed by atoms with Crippen molar-refractivity contribution in [1.82, 2.24) is 5.06 Å². The molecule has 0 radical (unpaired) electrons. The Morgan fingerprint density at radius 1 is 0.696 bits per heavy atom. The quantitative estimate of drug-likeness (QED) is 0.188. The molecule has 140 valence electrons. The van der Waals surface area contributed by atoms with Crippen LogP contribution in [0.25, 0.3) is 0 Å². The van der Waals surface area contributed by atoms with E-state index in [4.69, 9.17) is 4.84 Å². The first-order chi connectivity index (χ1) is 11.2.